The molecule has 11 nitrogen and oxygen atoms in total. The van der Waals surface area contributed by atoms with E-state index >= 15 is 0 Å². The van der Waals surface area contributed by atoms with E-state index in [1.165, 1.54) is 0 Å². The van der Waals surface area contributed by atoms with Crippen molar-refractivity contribution in [1.29, 1.82) is 0 Å². The molecule has 0 aromatic heterocycles. The zero-order chi connectivity index (χ0) is 34.1. The van der Waals surface area contributed by atoms with Crippen LogP contribution in [0.1, 0.15) is 66.0 Å². The van der Waals surface area contributed by atoms with E-state index in [2.05, 4.69) is 26.7 Å². The molecule has 1 atom stereocenters. The molecule has 12 heteroatoms. The zero-order valence-electron chi connectivity index (χ0n) is 27.3. The summed E-state index contributed by atoms with van der Waals surface area (Å²) in [6.45, 7) is 13.0. The minimum absolute atomic E-state index is 0.0399. The number of alkyl carbamates (subject to hydrolysis) is 1. The largest absolute Gasteiger partial charge is 0.487 e. The second kappa shape index (κ2) is 13.2. The van der Waals surface area contributed by atoms with Crippen LogP contribution in [0.3, 0.4) is 0 Å². The fraction of sp³-hybridized carbons (Fsp3) is 0.371. The van der Waals surface area contributed by atoms with Crippen LogP contribution in [0.5, 0.6) is 5.75 Å². The fourth-order valence-corrected chi connectivity index (χ4v) is 8.05. The first-order chi connectivity index (χ1) is 22.2. The lowest BCUT2D eigenvalue weighted by Gasteiger charge is -2.18. The van der Waals surface area contributed by atoms with Crippen LogP contribution in [0, 0.1) is 20.8 Å². The van der Waals surface area contributed by atoms with Gasteiger partial charge in [-0.25, -0.2) is 9.59 Å². The third-order valence-electron chi connectivity index (χ3n) is 8.81. The van der Waals surface area contributed by atoms with Crippen molar-refractivity contribution in [2.24, 2.45) is 4.99 Å². The van der Waals surface area contributed by atoms with E-state index in [0.29, 0.717) is 17.5 Å². The molecule has 1 aliphatic heterocycles. The van der Waals surface area contributed by atoms with E-state index in [4.69, 9.17) is 9.47 Å². The number of ether oxygens (including phenoxy) is 2. The maximum absolute atomic E-state index is 13.6. The zero-order valence-corrected chi connectivity index (χ0v) is 28.1. The number of carbonyl (C=O) groups is 2. The third kappa shape index (κ3) is 6.87. The highest BCUT2D eigenvalue weighted by Gasteiger charge is 2.38. The topological polar surface area (TPSA) is 157 Å². The number of nitrogens with zero attached hydrogens (tertiary/aromatic N) is 1. The molecular formula is C35H41N4O7S+. The number of hydrogen-bond donors (Lipinski definition) is 4. The molecule has 1 amide bonds. The molecule has 4 N–H and O–H groups in total. The maximum Gasteiger partial charge on any atom is 0.407 e. The van der Waals surface area contributed by atoms with E-state index in [9.17, 15) is 23.1 Å². The van der Waals surface area contributed by atoms with Crippen molar-refractivity contribution < 1.29 is 37.6 Å². The third-order valence-corrected chi connectivity index (χ3v) is 10.4. The fourth-order valence-electron chi connectivity index (χ4n) is 6.48. The molecule has 248 valence electrons. The number of benzene rings is 3. The average Bonchev–Trinajstić information content (AvgIpc) is 3.53. The summed E-state index contributed by atoms with van der Waals surface area (Å²) in [7, 11) is -4.05. The van der Waals surface area contributed by atoms with Crippen molar-refractivity contribution >= 4 is 34.8 Å². The summed E-state index contributed by atoms with van der Waals surface area (Å²) in [4.78, 5) is 31.6. The van der Waals surface area contributed by atoms with Gasteiger partial charge in [-0.1, -0.05) is 48.5 Å². The van der Waals surface area contributed by atoms with Crippen LogP contribution < -0.4 is 19.8 Å². The van der Waals surface area contributed by atoms with Gasteiger partial charge in [-0.2, -0.15) is 13.1 Å². The molecule has 5 rings (SSSR count). The minimum atomic E-state index is -4.05. The molecule has 1 heterocycles. The Bertz CT molecular complexity index is 1840. The Morgan fingerprint density at radius 3 is 2.28 bits per heavy atom. The standard InChI is InChI=1S/C35H40N4O7S/c1-20-21(2)31(22(3)27-18-35(4,5)46-30(20)27)47(43,44)39-33(36-6)37-17-11-16-29(32(40)41)38-34(42)45-19-28-25-14-9-7-12-23(25)24-13-8-10-15-26(24)28/h7-10,12-15,28-29H,6,11,16-19H2,1-5H3,(H,37,39)(H,38,42)(H,40,41)/p+1/t29-/m0/s1. The summed E-state index contributed by atoms with van der Waals surface area (Å²) in [5.74, 6) is -0.733. The molecule has 2 aliphatic rings. The van der Waals surface area contributed by atoms with Gasteiger partial charge in [-0.3, -0.25) is 4.99 Å². The van der Waals surface area contributed by atoms with E-state index in [-0.39, 0.29) is 42.8 Å². The van der Waals surface area contributed by atoms with Crippen molar-refractivity contribution in [3.05, 3.63) is 81.9 Å². The van der Waals surface area contributed by atoms with Crippen LogP contribution in [0.2, 0.25) is 0 Å². The second-order valence-corrected chi connectivity index (χ2v) is 14.2. The number of carbonyl (C=O) groups excluding carboxylic acids is 1. The van der Waals surface area contributed by atoms with Gasteiger partial charge in [0.05, 0.1) is 0 Å². The van der Waals surface area contributed by atoms with Crippen LogP contribution in [-0.2, 0) is 26.0 Å². The van der Waals surface area contributed by atoms with Crippen molar-refractivity contribution in [3.63, 3.8) is 0 Å². The number of amides is 1. The van der Waals surface area contributed by atoms with Gasteiger partial charge in [0.15, 0.2) is 0 Å². The van der Waals surface area contributed by atoms with Gasteiger partial charge in [-0.05, 0) is 86.4 Å². The summed E-state index contributed by atoms with van der Waals surface area (Å²) in [6, 6.07) is 14.6. The summed E-state index contributed by atoms with van der Waals surface area (Å²) in [5, 5.41) is 12.2. The highest BCUT2D eigenvalue weighted by molar-refractivity contribution is 7.90. The lowest BCUT2D eigenvalue weighted by Crippen LogP contribution is -2.76. The Labute approximate surface area is 275 Å². The normalized spacial score (nSPS) is 15.6. The van der Waals surface area contributed by atoms with Crippen LogP contribution in [0.15, 0.2) is 58.4 Å². The van der Waals surface area contributed by atoms with Crippen LogP contribution >= 0.6 is 0 Å². The predicted octanol–water partition coefficient (Wildman–Crippen LogP) is 3.51. The number of fused-ring (bicyclic) bond motifs is 4. The van der Waals surface area contributed by atoms with Gasteiger partial charge in [0.1, 0.15) is 35.4 Å². The molecule has 0 unspecified atom stereocenters. The number of guanidine groups is 1. The summed E-state index contributed by atoms with van der Waals surface area (Å²) in [6.07, 6.45) is 0.0230. The molecule has 0 saturated heterocycles. The molecule has 3 aromatic rings. The van der Waals surface area contributed by atoms with Crippen LogP contribution in [0.25, 0.3) is 11.1 Å². The summed E-state index contributed by atoms with van der Waals surface area (Å²) in [5.41, 5.74) is 6.67. The van der Waals surface area contributed by atoms with E-state index < -0.39 is 33.7 Å². The first-order valence-corrected chi connectivity index (χ1v) is 17.0. The second-order valence-electron chi connectivity index (χ2n) is 12.6. The van der Waals surface area contributed by atoms with Gasteiger partial charge in [-0.15, -0.1) is 4.99 Å². The molecule has 0 bridgehead atoms. The summed E-state index contributed by atoms with van der Waals surface area (Å²) < 4.78 is 41.2. The van der Waals surface area contributed by atoms with Crippen LogP contribution in [0.4, 0.5) is 4.79 Å². The molecule has 47 heavy (non-hydrogen) atoms. The number of aliphatic carboxylic acids is 1. The summed E-state index contributed by atoms with van der Waals surface area (Å²) >= 11 is 0. The van der Waals surface area contributed by atoms with Crippen LogP contribution in [-0.4, -0.2) is 63.1 Å². The van der Waals surface area contributed by atoms with Gasteiger partial charge < -0.3 is 19.9 Å². The minimum Gasteiger partial charge on any atom is -0.487 e. The molecule has 0 spiro atoms. The molecule has 3 aromatic carbocycles. The van der Waals surface area contributed by atoms with Gasteiger partial charge >= 0.3 is 28.0 Å². The Balaban J connectivity index is 1.18. The Morgan fingerprint density at radius 1 is 1.06 bits per heavy atom. The number of sulfonamides is 1. The van der Waals surface area contributed by atoms with E-state index in [1.807, 2.05) is 69.3 Å². The van der Waals surface area contributed by atoms with Gasteiger partial charge in [0, 0.05) is 24.6 Å². The smallest absolute Gasteiger partial charge is 0.407 e. The Morgan fingerprint density at radius 2 is 1.68 bits per heavy atom. The highest BCUT2D eigenvalue weighted by atomic mass is 32.2. The first-order valence-electron chi connectivity index (χ1n) is 15.5. The first kappa shape index (κ1) is 33.6. The lowest BCUT2D eigenvalue weighted by atomic mass is 9.94. The van der Waals surface area contributed by atoms with E-state index in [1.54, 1.807) is 13.8 Å². The van der Waals surface area contributed by atoms with Crippen molar-refractivity contribution in [2.75, 3.05) is 13.2 Å². The van der Waals surface area contributed by atoms with Crippen molar-refractivity contribution in [3.8, 4) is 16.9 Å². The molecular weight excluding hydrogens is 620 g/mol. The highest BCUT2D eigenvalue weighted by Crippen LogP contribution is 2.45. The number of nitrogens with one attached hydrogen (secondary N) is 3. The van der Waals surface area contributed by atoms with Gasteiger partial charge in [0.25, 0.3) is 0 Å². The maximum atomic E-state index is 13.6. The molecule has 0 saturated carbocycles. The Kier molecular flexibility index (Phi) is 9.44. The van der Waals surface area contributed by atoms with Crippen molar-refractivity contribution in [1.82, 2.24) is 10.0 Å². The molecule has 1 aliphatic carbocycles. The van der Waals surface area contributed by atoms with E-state index in [0.717, 1.165) is 39.1 Å². The molecule has 0 radical (unpaired) electrons. The number of carboxylic acids is 1. The monoisotopic (exact) mass is 661 g/mol. The predicted molar refractivity (Wildman–Crippen MR) is 179 cm³/mol. The van der Waals surface area contributed by atoms with Crippen molar-refractivity contribution in [2.45, 2.75) is 76.3 Å². The quantitative estimate of drug-likeness (QED) is 0.147. The lowest BCUT2D eigenvalue weighted by molar-refractivity contribution is -0.308. The Hall–Kier alpha value is -4.71. The number of rotatable bonds is 10. The van der Waals surface area contributed by atoms with Gasteiger partial charge in [0.2, 0.25) is 0 Å². The number of aliphatic imine (C=N–C) groups is 1. The average molecular weight is 662 g/mol. The SMILES string of the molecule is C=[NH+]C(=NCCC[C@H](NC(=O)OCC1c2ccccc2-c2ccccc21)C(=O)O)NS(=O)(=O)c1c(C)c(C)c2c(c1C)CC(C)(C)O2. The molecule has 0 fully saturated rings. The number of hydrogen-bond acceptors (Lipinski definition) is 7. The number of carboxylic acid groups (broad SMARTS) is 1.